The van der Waals surface area contributed by atoms with Gasteiger partial charge in [-0.2, -0.15) is 13.2 Å². The van der Waals surface area contributed by atoms with Gasteiger partial charge in [0.25, 0.3) is 0 Å². The van der Waals surface area contributed by atoms with Gasteiger partial charge in [0.2, 0.25) is 0 Å². The lowest BCUT2D eigenvalue weighted by molar-refractivity contribution is -0.138. The minimum Gasteiger partial charge on any atom is -0.207 e. The molecule has 0 saturated carbocycles. The smallest absolute Gasteiger partial charge is 0.207 e. The predicted molar refractivity (Wildman–Crippen MR) is 39.1 cm³/mol. The van der Waals surface area contributed by atoms with E-state index < -0.39 is 40.2 Å². The third-order valence-electron chi connectivity index (χ3n) is 1.02. The van der Waals surface area contributed by atoms with Crippen molar-refractivity contribution < 1.29 is 21.7 Å². The predicted octanol–water partition coefficient (Wildman–Crippen LogP) is 3.61. The Morgan fingerprint density at radius 2 is 1.92 bits per heavy atom. The lowest BCUT2D eigenvalue weighted by Crippen LogP contribution is -2.05. The Labute approximate surface area is 78.5 Å². The molecule has 0 aromatic heterocycles. The minimum atomic E-state index is -4.89. The molecule has 12 heavy (non-hydrogen) atoms. The van der Waals surface area contributed by atoms with Crippen LogP contribution < -0.4 is 0 Å². The van der Waals surface area contributed by atoms with Crippen molar-refractivity contribution >= 4 is 15.9 Å². The summed E-state index contributed by atoms with van der Waals surface area (Å²) >= 11 is 2.40. The van der Waals surface area contributed by atoms with Gasteiger partial charge in [-0.3, -0.25) is 0 Å². The van der Waals surface area contributed by atoms with Crippen LogP contribution in [0.15, 0.2) is 22.6 Å². The van der Waals surface area contributed by atoms with E-state index in [2.05, 4.69) is 15.9 Å². The van der Waals surface area contributed by atoms with Crippen LogP contribution in [0, 0.1) is 5.82 Å². The number of rotatable bonds is 0. The van der Waals surface area contributed by atoms with Crippen LogP contribution in [0.4, 0.5) is 17.6 Å². The third-order valence-corrected chi connectivity index (χ3v) is 1.61. The van der Waals surface area contributed by atoms with E-state index in [0.29, 0.717) is 0 Å². The average molecular weight is 246 g/mol. The third kappa shape index (κ3) is 1.97. The maximum absolute atomic E-state index is 12.9. The van der Waals surface area contributed by atoms with Gasteiger partial charge in [0, 0.05) is 4.47 Å². The van der Waals surface area contributed by atoms with Gasteiger partial charge in [-0.05, 0) is 18.1 Å². The second-order valence-electron chi connectivity index (χ2n) is 1.88. The Morgan fingerprint density at radius 3 is 2.42 bits per heavy atom. The summed E-state index contributed by atoms with van der Waals surface area (Å²) in [5.74, 6) is -1.44. The van der Waals surface area contributed by atoms with Crippen LogP contribution in [0.3, 0.4) is 0 Å². The molecule has 0 heterocycles. The zero-order chi connectivity index (χ0) is 12.0. The average Bonchev–Trinajstić information content (AvgIpc) is 2.09. The Balaban J connectivity index is 3.68. The number of hydrogen-bond donors (Lipinski definition) is 0. The van der Waals surface area contributed by atoms with E-state index in [4.69, 9.17) is 4.11 Å². The van der Waals surface area contributed by atoms with E-state index in [9.17, 15) is 17.6 Å². The summed E-state index contributed by atoms with van der Waals surface area (Å²) in [6.07, 6.45) is -4.89. The maximum Gasteiger partial charge on any atom is 0.417 e. The zero-order valence-corrected chi connectivity index (χ0v) is 6.98. The SMILES string of the molecule is [2H]c1c([2H])c(C(F)(F)F)c(Br)c([2H])c1F. The molecule has 66 valence electrons. The minimum absolute atomic E-state index is 0.853. The molecule has 0 saturated heterocycles. The van der Waals surface area contributed by atoms with Crippen molar-refractivity contribution in [1.29, 1.82) is 0 Å². The van der Waals surface area contributed by atoms with Crippen molar-refractivity contribution in [1.82, 2.24) is 0 Å². The van der Waals surface area contributed by atoms with Crippen LogP contribution in [0.2, 0.25) is 0 Å². The van der Waals surface area contributed by atoms with Crippen molar-refractivity contribution in [3.8, 4) is 0 Å². The summed E-state index contributed by atoms with van der Waals surface area (Å²) < 4.78 is 70.0. The molecule has 0 aliphatic rings. The summed E-state index contributed by atoms with van der Waals surface area (Å²) in [4.78, 5) is 0. The summed E-state index contributed by atoms with van der Waals surface area (Å²) in [5, 5.41) is 0. The second-order valence-corrected chi connectivity index (χ2v) is 2.67. The van der Waals surface area contributed by atoms with Crippen molar-refractivity contribution in [2.75, 3.05) is 0 Å². The fourth-order valence-electron chi connectivity index (χ4n) is 0.558. The maximum atomic E-state index is 12.9. The van der Waals surface area contributed by atoms with Crippen LogP contribution in [-0.2, 0) is 6.18 Å². The highest BCUT2D eigenvalue weighted by atomic mass is 79.9. The van der Waals surface area contributed by atoms with E-state index >= 15 is 0 Å². The first-order valence-electron chi connectivity index (χ1n) is 4.19. The highest BCUT2D eigenvalue weighted by Crippen LogP contribution is 2.34. The molecule has 0 unspecified atom stereocenters. The summed E-state index contributed by atoms with van der Waals surface area (Å²) in [6, 6.07) is -3.57. The first kappa shape index (κ1) is 5.96. The number of benzene rings is 1. The molecule has 0 radical (unpaired) electrons. The fraction of sp³-hybridized carbons (Fsp3) is 0.143. The zero-order valence-electron chi connectivity index (χ0n) is 8.39. The van der Waals surface area contributed by atoms with Crippen LogP contribution >= 0.6 is 15.9 Å². The second kappa shape index (κ2) is 3.05. The van der Waals surface area contributed by atoms with E-state index in [1.807, 2.05) is 0 Å². The van der Waals surface area contributed by atoms with E-state index in [1.54, 1.807) is 0 Å². The van der Waals surface area contributed by atoms with Crippen LogP contribution in [-0.4, -0.2) is 0 Å². The first-order valence-corrected chi connectivity index (χ1v) is 3.49. The molecular formula is C7H3BrF4. The van der Waals surface area contributed by atoms with Gasteiger partial charge >= 0.3 is 6.18 Å². The molecule has 1 rings (SSSR count). The fourth-order valence-corrected chi connectivity index (χ4v) is 1.06. The lowest BCUT2D eigenvalue weighted by atomic mass is 10.2. The Bertz CT molecular complexity index is 387. The summed E-state index contributed by atoms with van der Waals surface area (Å²) in [6.45, 7) is 0. The van der Waals surface area contributed by atoms with Gasteiger partial charge in [-0.25, -0.2) is 4.39 Å². The Morgan fingerprint density at radius 1 is 1.33 bits per heavy atom. The van der Waals surface area contributed by atoms with E-state index in [1.165, 1.54) is 0 Å². The van der Waals surface area contributed by atoms with Crippen molar-refractivity contribution in [3.05, 3.63) is 34.0 Å². The molecule has 1 aromatic rings. The number of alkyl halides is 3. The number of halogens is 5. The molecule has 0 aliphatic heterocycles. The monoisotopic (exact) mass is 245 g/mol. The van der Waals surface area contributed by atoms with Crippen LogP contribution in [0.25, 0.3) is 0 Å². The molecule has 1 aromatic carbocycles. The van der Waals surface area contributed by atoms with E-state index in [0.717, 1.165) is 0 Å². The Kier molecular flexibility index (Phi) is 1.51. The summed E-state index contributed by atoms with van der Waals surface area (Å²) in [5.41, 5.74) is -1.50. The van der Waals surface area contributed by atoms with Gasteiger partial charge in [-0.1, -0.05) is 15.9 Å². The van der Waals surface area contributed by atoms with Crippen LogP contribution in [0.5, 0.6) is 0 Å². The van der Waals surface area contributed by atoms with Crippen molar-refractivity contribution in [2.45, 2.75) is 6.18 Å². The summed E-state index contributed by atoms with van der Waals surface area (Å²) in [7, 11) is 0. The van der Waals surface area contributed by atoms with Gasteiger partial charge in [0.05, 0.1) is 9.68 Å². The quantitative estimate of drug-likeness (QED) is 0.613. The highest BCUT2D eigenvalue weighted by Gasteiger charge is 2.32. The van der Waals surface area contributed by atoms with Crippen LogP contribution in [0.1, 0.15) is 9.68 Å². The molecule has 0 fully saturated rings. The van der Waals surface area contributed by atoms with Crippen molar-refractivity contribution in [3.63, 3.8) is 0 Å². The normalized spacial score (nSPS) is 15.2. The lowest BCUT2D eigenvalue weighted by Gasteiger charge is -2.07. The van der Waals surface area contributed by atoms with Gasteiger partial charge < -0.3 is 0 Å². The highest BCUT2D eigenvalue weighted by molar-refractivity contribution is 9.10. The first-order chi connectivity index (χ1) is 6.68. The molecule has 0 atom stereocenters. The standard InChI is InChI=1S/C7H3BrF4/c8-6-3-4(9)1-2-5(6)7(10,11)12/h1-3H/i1D,2D,3D. The number of hydrogen-bond acceptors (Lipinski definition) is 0. The topological polar surface area (TPSA) is 0 Å². The molecule has 0 nitrogen and oxygen atoms in total. The van der Waals surface area contributed by atoms with Gasteiger partial charge in [0.15, 0.2) is 0 Å². The van der Waals surface area contributed by atoms with Gasteiger partial charge in [-0.15, -0.1) is 0 Å². The molecule has 0 amide bonds. The Hall–Kier alpha value is -0.580. The molecule has 0 aliphatic carbocycles. The van der Waals surface area contributed by atoms with E-state index in [-0.39, 0.29) is 0 Å². The molecule has 0 N–H and O–H groups in total. The molecule has 0 spiro atoms. The van der Waals surface area contributed by atoms with Crippen molar-refractivity contribution in [2.24, 2.45) is 0 Å². The van der Waals surface area contributed by atoms with Gasteiger partial charge in [0.1, 0.15) is 5.82 Å². The molecule has 5 heteroatoms. The largest absolute Gasteiger partial charge is 0.417 e. The molecular weight excluding hydrogens is 240 g/mol. The molecule has 0 bridgehead atoms.